The van der Waals surface area contributed by atoms with Gasteiger partial charge in [-0.3, -0.25) is 14.4 Å². The molecular weight excluding hydrogens is 505 g/mol. The molecule has 1 aliphatic rings. The van der Waals surface area contributed by atoms with Crippen molar-refractivity contribution in [3.05, 3.63) is 54.1 Å². The van der Waals surface area contributed by atoms with Crippen molar-refractivity contribution in [3.8, 4) is 11.1 Å². The summed E-state index contributed by atoms with van der Waals surface area (Å²) in [6, 6.07) is 10.0. The molecule has 200 valence electrons. The number of alkyl halides is 5. The molecule has 2 aromatic rings. The molecule has 2 aromatic carbocycles. The summed E-state index contributed by atoms with van der Waals surface area (Å²) in [7, 11) is 0. The van der Waals surface area contributed by atoms with Gasteiger partial charge in [-0.1, -0.05) is 42.5 Å². The van der Waals surface area contributed by atoms with Gasteiger partial charge in [0.2, 0.25) is 6.10 Å². The monoisotopic (exact) mass is 529 g/mol. The molecule has 1 heterocycles. The zero-order valence-corrected chi connectivity index (χ0v) is 19.5. The first kappa shape index (κ1) is 28.0. The van der Waals surface area contributed by atoms with Gasteiger partial charge in [0.05, 0.1) is 18.8 Å². The van der Waals surface area contributed by atoms with Gasteiger partial charge in [-0.25, -0.2) is 0 Å². The van der Waals surface area contributed by atoms with Crippen LogP contribution in [0, 0.1) is 0 Å². The molecule has 0 aliphatic carbocycles. The van der Waals surface area contributed by atoms with Gasteiger partial charge in [0.1, 0.15) is 6.04 Å². The SMILES string of the molecule is CCOC(C(N)=O)C(=O)N(CC(F)(F)C(F)(F)F)[C@@H]1C(=O)N(CCO)c2ccccc2-c2ccccc21. The summed E-state index contributed by atoms with van der Waals surface area (Å²) < 4.78 is 73.6. The Balaban J connectivity index is 2.30. The highest BCUT2D eigenvalue weighted by molar-refractivity contribution is 6.09. The van der Waals surface area contributed by atoms with Crippen molar-refractivity contribution < 1.29 is 46.2 Å². The minimum Gasteiger partial charge on any atom is -0.395 e. The van der Waals surface area contributed by atoms with E-state index in [1.165, 1.54) is 31.2 Å². The quantitative estimate of drug-likeness (QED) is 0.383. The van der Waals surface area contributed by atoms with E-state index in [0.29, 0.717) is 5.56 Å². The van der Waals surface area contributed by atoms with Crippen molar-refractivity contribution in [3.63, 3.8) is 0 Å². The number of hydrogen-bond acceptors (Lipinski definition) is 5. The number of primary amides is 1. The Morgan fingerprint density at radius 1 is 1.08 bits per heavy atom. The molecule has 1 unspecified atom stereocenters. The molecule has 37 heavy (non-hydrogen) atoms. The Morgan fingerprint density at radius 2 is 1.68 bits per heavy atom. The average Bonchev–Trinajstić information content (AvgIpc) is 2.93. The van der Waals surface area contributed by atoms with E-state index in [1.54, 1.807) is 24.3 Å². The van der Waals surface area contributed by atoms with Crippen LogP contribution in [0.1, 0.15) is 18.5 Å². The maximum atomic E-state index is 14.4. The minimum absolute atomic E-state index is 0.0179. The first-order chi connectivity index (χ1) is 17.4. The van der Waals surface area contributed by atoms with Gasteiger partial charge in [0, 0.05) is 18.7 Å². The van der Waals surface area contributed by atoms with Gasteiger partial charge in [-0.05, 0) is 24.1 Å². The number of nitrogens with zero attached hydrogens (tertiary/aromatic N) is 2. The minimum atomic E-state index is -6.08. The number of nitrogens with two attached hydrogens (primary N) is 1. The molecule has 3 rings (SSSR count). The normalized spacial score (nSPS) is 16.5. The topological polar surface area (TPSA) is 113 Å². The summed E-state index contributed by atoms with van der Waals surface area (Å²) in [5.41, 5.74) is 6.06. The number of aliphatic hydroxyl groups is 1. The predicted molar refractivity (Wildman–Crippen MR) is 121 cm³/mol. The molecule has 0 aromatic heterocycles. The molecule has 3 N–H and O–H groups in total. The number of rotatable bonds is 9. The van der Waals surface area contributed by atoms with E-state index < -0.39 is 55.1 Å². The fourth-order valence-corrected chi connectivity index (χ4v) is 4.14. The van der Waals surface area contributed by atoms with Gasteiger partial charge in [-0.15, -0.1) is 0 Å². The smallest absolute Gasteiger partial charge is 0.395 e. The second kappa shape index (κ2) is 10.8. The molecule has 13 heteroatoms. The third-order valence-electron chi connectivity index (χ3n) is 5.76. The molecule has 8 nitrogen and oxygen atoms in total. The van der Waals surface area contributed by atoms with Crippen molar-refractivity contribution in [2.45, 2.75) is 31.2 Å². The molecule has 0 spiro atoms. The van der Waals surface area contributed by atoms with Gasteiger partial charge < -0.3 is 25.4 Å². The second-order valence-electron chi connectivity index (χ2n) is 8.13. The summed E-state index contributed by atoms with van der Waals surface area (Å²) in [6.45, 7) is -2.19. The molecule has 0 saturated carbocycles. The first-order valence-electron chi connectivity index (χ1n) is 11.1. The van der Waals surface area contributed by atoms with E-state index in [2.05, 4.69) is 0 Å². The lowest BCUT2D eigenvalue weighted by molar-refractivity contribution is -0.286. The highest BCUT2D eigenvalue weighted by Crippen LogP contribution is 2.44. The number of fused-ring (bicyclic) bond motifs is 3. The van der Waals surface area contributed by atoms with E-state index in [4.69, 9.17) is 10.5 Å². The van der Waals surface area contributed by atoms with E-state index >= 15 is 0 Å². The van der Waals surface area contributed by atoms with Crippen LogP contribution in [0.15, 0.2) is 48.5 Å². The number of benzene rings is 2. The van der Waals surface area contributed by atoms with Gasteiger partial charge in [0.15, 0.2) is 0 Å². The van der Waals surface area contributed by atoms with E-state index in [0.717, 1.165) is 4.90 Å². The van der Waals surface area contributed by atoms with Crippen LogP contribution >= 0.6 is 0 Å². The lowest BCUT2D eigenvalue weighted by Gasteiger charge is -2.37. The first-order valence-corrected chi connectivity index (χ1v) is 11.1. The van der Waals surface area contributed by atoms with Crippen LogP contribution in [0.4, 0.5) is 27.6 Å². The van der Waals surface area contributed by atoms with Crippen LogP contribution in [0.3, 0.4) is 0 Å². The van der Waals surface area contributed by atoms with Crippen molar-refractivity contribution in [1.82, 2.24) is 4.90 Å². The Hall–Kier alpha value is -3.58. The summed E-state index contributed by atoms with van der Waals surface area (Å²) in [5.74, 6) is -9.61. The lowest BCUT2D eigenvalue weighted by atomic mass is 9.94. The third kappa shape index (κ3) is 5.42. The third-order valence-corrected chi connectivity index (χ3v) is 5.76. The molecular formula is C24H24F5N3O5. The lowest BCUT2D eigenvalue weighted by Crippen LogP contribution is -2.57. The molecule has 0 fully saturated rings. The summed E-state index contributed by atoms with van der Waals surface area (Å²) in [4.78, 5) is 40.1. The predicted octanol–water partition coefficient (Wildman–Crippen LogP) is 2.65. The number of carbonyl (C=O) groups is 3. The second-order valence-corrected chi connectivity index (χ2v) is 8.13. The summed E-state index contributed by atoms with van der Waals surface area (Å²) in [6.07, 6.45) is -8.31. The van der Waals surface area contributed by atoms with Crippen molar-refractivity contribution in [2.75, 3.05) is 31.2 Å². The molecule has 0 saturated heterocycles. The Bertz CT molecular complexity index is 1170. The summed E-state index contributed by atoms with van der Waals surface area (Å²) >= 11 is 0. The highest BCUT2D eigenvalue weighted by atomic mass is 19.4. The van der Waals surface area contributed by atoms with Crippen LogP contribution in [0.5, 0.6) is 0 Å². The van der Waals surface area contributed by atoms with Gasteiger partial charge >= 0.3 is 12.1 Å². The van der Waals surface area contributed by atoms with Crippen LogP contribution in [-0.2, 0) is 19.1 Å². The highest BCUT2D eigenvalue weighted by Gasteiger charge is 2.60. The number of para-hydroxylation sites is 1. The maximum Gasteiger partial charge on any atom is 0.455 e. The average molecular weight is 529 g/mol. The van der Waals surface area contributed by atoms with Gasteiger partial charge in [0.25, 0.3) is 17.7 Å². The zero-order chi connectivity index (χ0) is 27.5. The number of anilines is 1. The fraction of sp³-hybridized carbons (Fsp3) is 0.375. The van der Waals surface area contributed by atoms with Crippen LogP contribution in [-0.4, -0.2) is 72.2 Å². The standard InChI is InChI=1S/C24H24F5N3O5/c1-2-37-19(20(30)34)22(36)32(13-23(25,26)24(27,28)29)18-16-9-4-3-7-14(16)15-8-5-6-10-17(15)31(11-12-33)21(18)35/h3-10,18-19,33H,2,11-13H2,1H3,(H2,30,34)/t18-,19?/m0/s1. The van der Waals surface area contributed by atoms with Crippen LogP contribution in [0.25, 0.3) is 11.1 Å². The van der Waals surface area contributed by atoms with Crippen molar-refractivity contribution >= 4 is 23.4 Å². The largest absolute Gasteiger partial charge is 0.455 e. The van der Waals surface area contributed by atoms with E-state index in [1.807, 2.05) is 0 Å². The molecule has 0 radical (unpaired) electrons. The number of carbonyl (C=O) groups excluding carboxylic acids is 3. The molecule has 0 bridgehead atoms. The van der Waals surface area contributed by atoms with E-state index in [-0.39, 0.29) is 34.9 Å². The summed E-state index contributed by atoms with van der Waals surface area (Å²) in [5, 5.41) is 9.60. The number of β-amino-alcohol motifs (C(OH)–C–C–N with tert-alkyl or cyclic N) is 1. The molecule has 2 atom stereocenters. The Morgan fingerprint density at radius 3 is 2.24 bits per heavy atom. The number of amides is 3. The van der Waals surface area contributed by atoms with Crippen LogP contribution < -0.4 is 10.6 Å². The molecule has 3 amide bonds. The Kier molecular flexibility index (Phi) is 8.18. The zero-order valence-electron chi connectivity index (χ0n) is 19.5. The maximum absolute atomic E-state index is 14.4. The molecule has 1 aliphatic heterocycles. The van der Waals surface area contributed by atoms with Crippen molar-refractivity contribution in [1.29, 1.82) is 0 Å². The van der Waals surface area contributed by atoms with E-state index in [9.17, 15) is 41.4 Å². The van der Waals surface area contributed by atoms with Gasteiger partial charge in [-0.2, -0.15) is 22.0 Å². The number of aliphatic hydroxyl groups excluding tert-OH is 1. The van der Waals surface area contributed by atoms with Crippen LogP contribution in [0.2, 0.25) is 0 Å². The Labute approximate surface area is 208 Å². The number of halogens is 5. The fourth-order valence-electron chi connectivity index (χ4n) is 4.14. The van der Waals surface area contributed by atoms with Crippen molar-refractivity contribution in [2.24, 2.45) is 5.73 Å². The number of hydrogen-bond donors (Lipinski definition) is 2. The number of ether oxygens (including phenoxy) is 1.